The molecule has 2 amide bonds. The summed E-state index contributed by atoms with van der Waals surface area (Å²) in [6.07, 6.45) is 9.40. The van der Waals surface area contributed by atoms with Crippen LogP contribution in [0.2, 0.25) is 0 Å². The Labute approximate surface area is 238 Å². The number of carbonyl (C=O) groups excluding carboxylic acids is 2. The third-order valence-electron chi connectivity index (χ3n) is 7.85. The minimum absolute atomic E-state index is 0.00499. The molecular weight excluding hydrogens is 524 g/mol. The van der Waals surface area contributed by atoms with E-state index in [4.69, 9.17) is 14.5 Å². The molecule has 3 aromatic rings. The Bertz CT molecular complexity index is 1450. The molecule has 8 nitrogen and oxygen atoms in total. The van der Waals surface area contributed by atoms with Gasteiger partial charge in [-0.05, 0) is 61.0 Å². The summed E-state index contributed by atoms with van der Waals surface area (Å²) in [6.45, 7) is 2.64. The zero-order valence-corrected chi connectivity index (χ0v) is 23.6. The van der Waals surface area contributed by atoms with Gasteiger partial charge in [0.15, 0.2) is 5.17 Å². The largest absolute Gasteiger partial charge is 0.497 e. The Kier molecular flexibility index (Phi) is 7.93. The van der Waals surface area contributed by atoms with E-state index in [-0.39, 0.29) is 24.4 Å². The lowest BCUT2D eigenvalue weighted by Gasteiger charge is -2.30. The second-order valence-electron chi connectivity index (χ2n) is 10.4. The van der Waals surface area contributed by atoms with Crippen molar-refractivity contribution in [1.82, 2.24) is 14.4 Å². The molecule has 40 heavy (non-hydrogen) atoms. The van der Waals surface area contributed by atoms with Gasteiger partial charge in [-0.3, -0.25) is 14.5 Å². The molecule has 0 unspecified atom stereocenters. The van der Waals surface area contributed by atoms with Crippen LogP contribution in [-0.2, 0) is 20.9 Å². The average molecular weight is 559 g/mol. The number of fused-ring (bicyclic) bond motifs is 1. The number of morpholine rings is 1. The number of nitrogens with zero attached hydrogens (tertiary/aromatic N) is 4. The molecule has 0 bridgehead atoms. The highest BCUT2D eigenvalue weighted by Gasteiger charge is 2.39. The second kappa shape index (κ2) is 11.9. The van der Waals surface area contributed by atoms with Crippen LogP contribution in [0.4, 0.5) is 5.69 Å². The van der Waals surface area contributed by atoms with Crippen molar-refractivity contribution in [2.24, 2.45) is 4.99 Å². The van der Waals surface area contributed by atoms with E-state index in [1.54, 1.807) is 7.11 Å². The predicted molar refractivity (Wildman–Crippen MR) is 159 cm³/mol. The smallest absolute Gasteiger partial charge is 0.267 e. The number of hydrogen-bond donors (Lipinski definition) is 0. The molecule has 2 saturated heterocycles. The fourth-order valence-corrected chi connectivity index (χ4v) is 6.76. The first kappa shape index (κ1) is 26.7. The number of ether oxygens (including phenoxy) is 2. The van der Waals surface area contributed by atoms with Gasteiger partial charge in [0.1, 0.15) is 12.3 Å². The summed E-state index contributed by atoms with van der Waals surface area (Å²) in [6, 6.07) is 15.8. The molecule has 1 saturated carbocycles. The Morgan fingerprint density at radius 3 is 2.58 bits per heavy atom. The first-order valence-corrected chi connectivity index (χ1v) is 14.8. The van der Waals surface area contributed by atoms with E-state index in [0.717, 1.165) is 58.8 Å². The van der Waals surface area contributed by atoms with Crippen molar-refractivity contribution >= 4 is 51.4 Å². The molecule has 9 heteroatoms. The maximum Gasteiger partial charge on any atom is 0.267 e. The zero-order valence-electron chi connectivity index (χ0n) is 22.8. The lowest BCUT2D eigenvalue weighted by Crippen LogP contribution is -2.42. The summed E-state index contributed by atoms with van der Waals surface area (Å²) < 4.78 is 12.7. The number of hydrogen-bond acceptors (Lipinski definition) is 6. The number of methoxy groups -OCH3 is 1. The SMILES string of the molecule is COc1ccc(N=C2S/C(=C\c3cn(CC(=O)N4CCOCC4)c4ccccc34)C(=O)N2C2CCCCC2)cc1. The van der Waals surface area contributed by atoms with Crippen LogP contribution in [0.25, 0.3) is 17.0 Å². The summed E-state index contributed by atoms with van der Waals surface area (Å²) in [7, 11) is 1.64. The van der Waals surface area contributed by atoms with E-state index < -0.39 is 0 Å². The lowest BCUT2D eigenvalue weighted by molar-refractivity contribution is -0.135. The van der Waals surface area contributed by atoms with Crippen molar-refractivity contribution in [2.45, 2.75) is 44.7 Å². The standard InChI is InChI=1S/C31H34N4O4S/c1-38-25-13-11-23(12-14-25)32-31-35(24-7-3-2-4-8-24)30(37)28(40-31)19-22-20-34(27-10-6-5-9-26(22)27)21-29(36)33-15-17-39-18-16-33/h5-6,9-14,19-20,24H,2-4,7-8,15-18,21H2,1H3/b28-19-,32-31?. The number of para-hydroxylation sites is 1. The summed E-state index contributed by atoms with van der Waals surface area (Å²) >= 11 is 1.43. The Morgan fingerprint density at radius 1 is 1.07 bits per heavy atom. The molecular formula is C31H34N4O4S. The van der Waals surface area contributed by atoms with Crippen molar-refractivity contribution in [2.75, 3.05) is 33.4 Å². The summed E-state index contributed by atoms with van der Waals surface area (Å²) in [5.41, 5.74) is 2.69. The Balaban J connectivity index is 1.33. The van der Waals surface area contributed by atoms with Gasteiger partial charge in [-0.15, -0.1) is 0 Å². The highest BCUT2D eigenvalue weighted by Crippen LogP contribution is 2.39. The van der Waals surface area contributed by atoms with Crippen LogP contribution in [0, 0.1) is 0 Å². The summed E-state index contributed by atoms with van der Waals surface area (Å²) in [5.74, 6) is 0.852. The number of thioether (sulfide) groups is 1. The van der Waals surface area contributed by atoms with E-state index >= 15 is 0 Å². The minimum atomic E-state index is 0.00499. The van der Waals surface area contributed by atoms with Gasteiger partial charge < -0.3 is 18.9 Å². The fourth-order valence-electron chi connectivity index (χ4n) is 5.71. The highest BCUT2D eigenvalue weighted by atomic mass is 32.2. The van der Waals surface area contributed by atoms with Crippen molar-refractivity contribution in [1.29, 1.82) is 0 Å². The van der Waals surface area contributed by atoms with E-state index in [2.05, 4.69) is 0 Å². The van der Waals surface area contributed by atoms with Gasteiger partial charge >= 0.3 is 0 Å². The first-order chi connectivity index (χ1) is 19.6. The molecule has 6 rings (SSSR count). The molecule has 208 valence electrons. The number of carbonyl (C=O) groups is 2. The van der Waals surface area contributed by atoms with Gasteiger partial charge in [0.25, 0.3) is 5.91 Å². The maximum absolute atomic E-state index is 13.9. The molecule has 0 N–H and O–H groups in total. The van der Waals surface area contributed by atoms with Gasteiger partial charge in [0, 0.05) is 41.8 Å². The highest BCUT2D eigenvalue weighted by molar-refractivity contribution is 8.18. The quantitative estimate of drug-likeness (QED) is 0.377. The van der Waals surface area contributed by atoms with Gasteiger partial charge in [-0.25, -0.2) is 4.99 Å². The molecule has 3 fully saturated rings. The molecule has 0 radical (unpaired) electrons. The topological polar surface area (TPSA) is 76.4 Å². The monoisotopic (exact) mass is 558 g/mol. The third kappa shape index (κ3) is 5.53. The van der Waals surface area contributed by atoms with Crippen LogP contribution in [-0.4, -0.2) is 70.8 Å². The van der Waals surface area contributed by atoms with Crippen molar-refractivity contribution in [3.8, 4) is 5.75 Å². The van der Waals surface area contributed by atoms with Crippen LogP contribution in [0.3, 0.4) is 0 Å². The fraction of sp³-hybridized carbons (Fsp3) is 0.387. The molecule has 3 heterocycles. The zero-order chi connectivity index (χ0) is 27.5. The summed E-state index contributed by atoms with van der Waals surface area (Å²) in [5, 5.41) is 1.74. The number of rotatable bonds is 6. The van der Waals surface area contributed by atoms with Crippen molar-refractivity contribution in [3.63, 3.8) is 0 Å². The molecule has 0 atom stereocenters. The number of amides is 2. The number of amidine groups is 1. The van der Waals surface area contributed by atoms with E-state index in [0.29, 0.717) is 31.2 Å². The molecule has 3 aliphatic rings. The number of benzene rings is 2. The van der Waals surface area contributed by atoms with Crippen LogP contribution in [0.1, 0.15) is 37.7 Å². The number of aliphatic imine (C=N–C) groups is 1. The lowest BCUT2D eigenvalue weighted by atomic mass is 9.94. The normalized spacial score (nSPS) is 20.7. The third-order valence-corrected chi connectivity index (χ3v) is 8.83. The van der Waals surface area contributed by atoms with Gasteiger partial charge in [0.2, 0.25) is 5.91 Å². The second-order valence-corrected chi connectivity index (χ2v) is 11.4. The predicted octanol–water partition coefficient (Wildman–Crippen LogP) is 5.45. The van der Waals surface area contributed by atoms with Crippen LogP contribution >= 0.6 is 11.8 Å². The molecule has 1 aliphatic carbocycles. The van der Waals surface area contributed by atoms with E-state index in [1.165, 1.54) is 18.2 Å². The Hall–Kier alpha value is -3.56. The van der Waals surface area contributed by atoms with Crippen LogP contribution in [0.5, 0.6) is 5.75 Å². The van der Waals surface area contributed by atoms with Crippen LogP contribution < -0.4 is 4.74 Å². The van der Waals surface area contributed by atoms with Gasteiger partial charge in [-0.1, -0.05) is 37.5 Å². The average Bonchev–Trinajstić information content (AvgIpc) is 3.50. The maximum atomic E-state index is 13.9. The van der Waals surface area contributed by atoms with Gasteiger partial charge in [0.05, 0.1) is 30.9 Å². The number of aromatic nitrogens is 1. The molecule has 1 aromatic heterocycles. The van der Waals surface area contributed by atoms with Crippen molar-refractivity contribution < 1.29 is 19.1 Å². The van der Waals surface area contributed by atoms with Crippen LogP contribution in [0.15, 0.2) is 64.6 Å². The summed E-state index contributed by atoms with van der Waals surface area (Å²) in [4.78, 5) is 36.3. The molecule has 0 spiro atoms. The molecule has 2 aromatic carbocycles. The van der Waals surface area contributed by atoms with E-state index in [1.807, 2.05) is 75.2 Å². The minimum Gasteiger partial charge on any atom is -0.497 e. The molecule has 2 aliphatic heterocycles. The van der Waals surface area contributed by atoms with Gasteiger partial charge in [-0.2, -0.15) is 0 Å². The Morgan fingerprint density at radius 2 is 1.82 bits per heavy atom. The van der Waals surface area contributed by atoms with E-state index in [9.17, 15) is 9.59 Å². The first-order valence-electron chi connectivity index (χ1n) is 14.0. The van der Waals surface area contributed by atoms with Crippen molar-refractivity contribution in [3.05, 3.63) is 65.2 Å².